The SMILES string of the molecule is Cc1ncc(S(=O)(=O)Nc2ncccc2Cl)[nH]1. The number of aromatic nitrogens is 3. The van der Waals surface area contributed by atoms with Gasteiger partial charge >= 0.3 is 0 Å². The molecule has 90 valence electrons. The van der Waals surface area contributed by atoms with Gasteiger partial charge in [0, 0.05) is 6.20 Å². The Bertz CT molecular complexity index is 638. The molecule has 8 heteroatoms. The van der Waals surface area contributed by atoms with Gasteiger partial charge in [0.2, 0.25) is 0 Å². The number of anilines is 1. The zero-order valence-corrected chi connectivity index (χ0v) is 10.4. The molecule has 2 heterocycles. The van der Waals surface area contributed by atoms with Crippen LogP contribution in [0.4, 0.5) is 5.82 Å². The third-order valence-electron chi connectivity index (χ3n) is 1.96. The lowest BCUT2D eigenvalue weighted by molar-refractivity contribution is 0.598. The molecule has 2 aromatic heterocycles. The number of aromatic amines is 1. The Morgan fingerprint density at radius 2 is 2.18 bits per heavy atom. The zero-order valence-electron chi connectivity index (χ0n) is 8.81. The van der Waals surface area contributed by atoms with Gasteiger partial charge in [0.1, 0.15) is 5.82 Å². The summed E-state index contributed by atoms with van der Waals surface area (Å²) in [4.78, 5) is 10.3. The van der Waals surface area contributed by atoms with Gasteiger partial charge in [0.25, 0.3) is 10.0 Å². The van der Waals surface area contributed by atoms with Crippen LogP contribution in [0.2, 0.25) is 5.02 Å². The summed E-state index contributed by atoms with van der Waals surface area (Å²) in [5, 5.41) is 0.198. The molecule has 0 aliphatic rings. The van der Waals surface area contributed by atoms with E-state index in [4.69, 9.17) is 11.6 Å². The molecule has 0 amide bonds. The molecule has 0 bridgehead atoms. The van der Waals surface area contributed by atoms with Crippen LogP contribution >= 0.6 is 11.6 Å². The highest BCUT2D eigenvalue weighted by Crippen LogP contribution is 2.20. The van der Waals surface area contributed by atoms with Crippen molar-refractivity contribution in [2.45, 2.75) is 11.9 Å². The minimum Gasteiger partial charge on any atom is -0.332 e. The summed E-state index contributed by atoms with van der Waals surface area (Å²) in [6.07, 6.45) is 2.68. The number of hydrogen-bond acceptors (Lipinski definition) is 4. The molecule has 0 unspecified atom stereocenters. The molecule has 0 spiro atoms. The second-order valence-electron chi connectivity index (χ2n) is 3.27. The maximum Gasteiger partial charge on any atom is 0.280 e. The predicted molar refractivity (Wildman–Crippen MR) is 63.4 cm³/mol. The first-order valence-corrected chi connectivity index (χ1v) is 6.50. The highest BCUT2D eigenvalue weighted by Gasteiger charge is 2.18. The topological polar surface area (TPSA) is 87.7 Å². The Balaban J connectivity index is 2.33. The molecule has 0 aliphatic heterocycles. The lowest BCUT2D eigenvalue weighted by Crippen LogP contribution is -2.14. The van der Waals surface area contributed by atoms with Gasteiger partial charge in [-0.25, -0.2) is 9.97 Å². The normalized spacial score (nSPS) is 11.4. The van der Waals surface area contributed by atoms with Gasteiger partial charge in [-0.15, -0.1) is 0 Å². The third kappa shape index (κ3) is 2.56. The van der Waals surface area contributed by atoms with E-state index in [0.29, 0.717) is 5.82 Å². The summed E-state index contributed by atoms with van der Waals surface area (Å²) < 4.78 is 26.0. The van der Waals surface area contributed by atoms with Crippen LogP contribution in [-0.2, 0) is 10.0 Å². The second-order valence-corrected chi connectivity index (χ2v) is 5.33. The van der Waals surface area contributed by atoms with E-state index < -0.39 is 10.0 Å². The molecular formula is C9H9ClN4O2S. The van der Waals surface area contributed by atoms with Crippen molar-refractivity contribution in [3.63, 3.8) is 0 Å². The predicted octanol–water partition coefficient (Wildman–Crippen LogP) is 1.57. The second kappa shape index (κ2) is 4.34. The Morgan fingerprint density at radius 1 is 1.41 bits per heavy atom. The van der Waals surface area contributed by atoms with Gasteiger partial charge in [0.05, 0.1) is 11.2 Å². The molecule has 6 nitrogen and oxygen atoms in total. The first-order valence-electron chi connectivity index (χ1n) is 4.64. The van der Waals surface area contributed by atoms with Crippen LogP contribution in [0.5, 0.6) is 0 Å². The third-order valence-corrected chi connectivity index (χ3v) is 3.51. The van der Waals surface area contributed by atoms with E-state index >= 15 is 0 Å². The van der Waals surface area contributed by atoms with E-state index in [2.05, 4.69) is 19.7 Å². The number of sulfonamides is 1. The lowest BCUT2D eigenvalue weighted by Gasteiger charge is -2.06. The summed E-state index contributed by atoms with van der Waals surface area (Å²) >= 11 is 5.81. The van der Waals surface area contributed by atoms with E-state index in [9.17, 15) is 8.42 Å². The lowest BCUT2D eigenvalue weighted by atomic mass is 10.5. The average molecular weight is 273 g/mol. The number of hydrogen-bond donors (Lipinski definition) is 2. The summed E-state index contributed by atoms with van der Waals surface area (Å²) in [6.45, 7) is 1.66. The highest BCUT2D eigenvalue weighted by atomic mass is 35.5. The molecule has 17 heavy (non-hydrogen) atoms. The van der Waals surface area contributed by atoms with E-state index in [0.717, 1.165) is 0 Å². The van der Waals surface area contributed by atoms with Crippen molar-refractivity contribution in [2.75, 3.05) is 4.72 Å². The molecule has 0 saturated carbocycles. The molecule has 2 aromatic rings. The van der Waals surface area contributed by atoms with Crippen LogP contribution < -0.4 is 4.72 Å². The smallest absolute Gasteiger partial charge is 0.280 e. The fraction of sp³-hybridized carbons (Fsp3) is 0.111. The number of nitrogens with one attached hydrogen (secondary N) is 2. The summed E-state index contributed by atoms with van der Waals surface area (Å²) in [7, 11) is -3.73. The van der Waals surface area contributed by atoms with Crippen molar-refractivity contribution in [3.05, 3.63) is 35.4 Å². The Morgan fingerprint density at radius 3 is 2.76 bits per heavy atom. The maximum atomic E-state index is 11.9. The van der Waals surface area contributed by atoms with Crippen molar-refractivity contribution >= 4 is 27.4 Å². The minimum absolute atomic E-state index is 0.0308. The van der Waals surface area contributed by atoms with Gasteiger partial charge in [-0.3, -0.25) is 4.72 Å². The fourth-order valence-corrected chi connectivity index (χ4v) is 2.40. The molecule has 0 radical (unpaired) electrons. The van der Waals surface area contributed by atoms with Gasteiger partial charge in [-0.2, -0.15) is 8.42 Å². The van der Waals surface area contributed by atoms with Crippen LogP contribution in [0.15, 0.2) is 29.6 Å². The number of imidazole rings is 1. The number of halogens is 1. The van der Waals surface area contributed by atoms with Crippen LogP contribution in [-0.4, -0.2) is 23.4 Å². The molecule has 0 aromatic carbocycles. The summed E-state index contributed by atoms with van der Waals surface area (Å²) in [6, 6.07) is 3.16. The number of rotatable bonds is 3. The van der Waals surface area contributed by atoms with Crippen LogP contribution in [0.3, 0.4) is 0 Å². The number of aryl methyl sites for hydroxylation is 1. The minimum atomic E-state index is -3.73. The Kier molecular flexibility index (Phi) is 3.03. The monoisotopic (exact) mass is 272 g/mol. The largest absolute Gasteiger partial charge is 0.332 e. The van der Waals surface area contributed by atoms with E-state index in [1.165, 1.54) is 12.4 Å². The molecule has 0 aliphatic carbocycles. The molecule has 0 atom stereocenters. The number of pyridine rings is 1. The summed E-state index contributed by atoms with van der Waals surface area (Å²) in [5.74, 6) is 0.596. The quantitative estimate of drug-likeness (QED) is 0.888. The molecule has 2 N–H and O–H groups in total. The van der Waals surface area contributed by atoms with Gasteiger partial charge in [0.15, 0.2) is 10.8 Å². The molecular weight excluding hydrogens is 264 g/mol. The van der Waals surface area contributed by atoms with Crippen molar-refractivity contribution in [1.82, 2.24) is 15.0 Å². The first kappa shape index (κ1) is 11.9. The molecule has 0 saturated heterocycles. The Labute approximate surface area is 103 Å². The fourth-order valence-electron chi connectivity index (χ4n) is 1.18. The van der Waals surface area contributed by atoms with Crippen molar-refractivity contribution < 1.29 is 8.42 Å². The van der Waals surface area contributed by atoms with Gasteiger partial charge in [-0.05, 0) is 19.1 Å². The number of nitrogens with zero attached hydrogens (tertiary/aromatic N) is 2. The van der Waals surface area contributed by atoms with Crippen molar-refractivity contribution in [1.29, 1.82) is 0 Å². The van der Waals surface area contributed by atoms with Crippen molar-refractivity contribution in [3.8, 4) is 0 Å². The highest BCUT2D eigenvalue weighted by molar-refractivity contribution is 7.92. The molecule has 2 rings (SSSR count). The van der Waals surface area contributed by atoms with E-state index in [1.807, 2.05) is 0 Å². The number of H-pyrrole nitrogens is 1. The van der Waals surface area contributed by atoms with Gasteiger partial charge in [-0.1, -0.05) is 11.6 Å². The van der Waals surface area contributed by atoms with Crippen LogP contribution in [0, 0.1) is 6.92 Å². The van der Waals surface area contributed by atoms with Crippen LogP contribution in [0.1, 0.15) is 5.82 Å². The van der Waals surface area contributed by atoms with E-state index in [1.54, 1.807) is 19.1 Å². The average Bonchev–Trinajstić information content (AvgIpc) is 2.69. The Hall–Kier alpha value is -1.60. The first-order chi connectivity index (χ1) is 7.99. The zero-order chi connectivity index (χ0) is 12.5. The van der Waals surface area contributed by atoms with Crippen molar-refractivity contribution in [2.24, 2.45) is 0 Å². The molecule has 0 fully saturated rings. The van der Waals surface area contributed by atoms with Crippen LogP contribution in [0.25, 0.3) is 0 Å². The standard InChI is InChI=1S/C9H9ClN4O2S/c1-6-12-5-8(13-6)17(15,16)14-9-7(10)3-2-4-11-9/h2-5H,1H3,(H,11,14)(H,12,13). The van der Waals surface area contributed by atoms with Gasteiger partial charge < -0.3 is 4.98 Å². The van der Waals surface area contributed by atoms with E-state index in [-0.39, 0.29) is 15.9 Å². The summed E-state index contributed by atoms with van der Waals surface area (Å²) in [5.41, 5.74) is 0. The maximum absolute atomic E-state index is 11.9.